The molecule has 0 unspecified atom stereocenters. The number of hydrogen-bond donors (Lipinski definition) is 0. The molecule has 0 atom stereocenters. The maximum absolute atomic E-state index is 6.02. The Morgan fingerprint density at radius 1 is 0.862 bits per heavy atom. The van der Waals surface area contributed by atoms with Gasteiger partial charge < -0.3 is 14.0 Å². The highest BCUT2D eigenvalue weighted by molar-refractivity contribution is 5.75. The molecule has 0 radical (unpaired) electrons. The number of fused-ring (bicyclic) bond motifs is 1. The van der Waals surface area contributed by atoms with E-state index in [0.29, 0.717) is 13.2 Å². The lowest BCUT2D eigenvalue weighted by Gasteiger charge is -2.12. The van der Waals surface area contributed by atoms with E-state index >= 15 is 0 Å². The molecule has 0 bridgehead atoms. The van der Waals surface area contributed by atoms with Crippen molar-refractivity contribution in [2.45, 2.75) is 33.4 Å². The van der Waals surface area contributed by atoms with Crippen LogP contribution < -0.4 is 9.47 Å². The number of benzene rings is 3. The summed E-state index contributed by atoms with van der Waals surface area (Å²) >= 11 is 0. The topological polar surface area (TPSA) is 36.3 Å². The number of imidazole rings is 1. The van der Waals surface area contributed by atoms with E-state index in [0.717, 1.165) is 46.9 Å². The van der Waals surface area contributed by atoms with Crippen molar-refractivity contribution in [3.8, 4) is 11.5 Å². The summed E-state index contributed by atoms with van der Waals surface area (Å²) in [7, 11) is 0. The molecule has 0 aliphatic carbocycles. The average molecular weight is 386 g/mol. The predicted molar refractivity (Wildman–Crippen MR) is 117 cm³/mol. The van der Waals surface area contributed by atoms with Gasteiger partial charge in [-0.05, 0) is 61.7 Å². The van der Waals surface area contributed by atoms with Gasteiger partial charge in [0.2, 0.25) is 0 Å². The molecule has 0 amide bonds. The van der Waals surface area contributed by atoms with Gasteiger partial charge in [0.05, 0.1) is 17.6 Å². The number of aryl methyl sites for hydroxylation is 3. The molecule has 0 aliphatic rings. The smallest absolute Gasteiger partial charge is 0.147 e. The van der Waals surface area contributed by atoms with Gasteiger partial charge in [-0.25, -0.2) is 4.98 Å². The molecule has 0 saturated heterocycles. The first-order chi connectivity index (χ1) is 14.2. The molecule has 0 aliphatic heterocycles. The lowest BCUT2D eigenvalue weighted by molar-refractivity contribution is 0.279. The van der Waals surface area contributed by atoms with Crippen LogP contribution in [0.5, 0.6) is 11.5 Å². The SMILES string of the molecule is Cc1cccc(OCc2nc3ccccc3n2CCCOc2ccccc2C)c1. The number of para-hydroxylation sites is 3. The minimum absolute atomic E-state index is 0.441. The van der Waals surface area contributed by atoms with Crippen molar-refractivity contribution >= 4 is 11.0 Å². The van der Waals surface area contributed by atoms with E-state index < -0.39 is 0 Å². The van der Waals surface area contributed by atoms with E-state index in [1.165, 1.54) is 5.56 Å². The molecule has 0 spiro atoms. The van der Waals surface area contributed by atoms with Crippen molar-refractivity contribution in [3.63, 3.8) is 0 Å². The minimum atomic E-state index is 0.441. The van der Waals surface area contributed by atoms with Crippen LogP contribution >= 0.6 is 0 Å². The number of aromatic nitrogens is 2. The van der Waals surface area contributed by atoms with E-state index in [1.807, 2.05) is 48.5 Å². The highest BCUT2D eigenvalue weighted by Gasteiger charge is 2.11. The van der Waals surface area contributed by atoms with Gasteiger partial charge in [-0.2, -0.15) is 0 Å². The summed E-state index contributed by atoms with van der Waals surface area (Å²) < 4.78 is 14.2. The van der Waals surface area contributed by atoms with Crippen LogP contribution in [-0.2, 0) is 13.2 Å². The third-order valence-electron chi connectivity index (χ3n) is 4.97. The summed E-state index contributed by atoms with van der Waals surface area (Å²) in [6, 6.07) is 24.5. The van der Waals surface area contributed by atoms with E-state index in [9.17, 15) is 0 Å². The molecule has 4 rings (SSSR count). The second-order valence-electron chi connectivity index (χ2n) is 7.24. The Hall–Kier alpha value is -3.27. The Morgan fingerprint density at radius 2 is 1.69 bits per heavy atom. The van der Waals surface area contributed by atoms with Crippen LogP contribution in [0.4, 0.5) is 0 Å². The summed E-state index contributed by atoms with van der Waals surface area (Å²) in [6.45, 7) is 6.07. The first-order valence-corrected chi connectivity index (χ1v) is 10.0. The number of nitrogens with zero attached hydrogens (tertiary/aromatic N) is 2. The van der Waals surface area contributed by atoms with Crippen molar-refractivity contribution in [2.24, 2.45) is 0 Å². The van der Waals surface area contributed by atoms with Gasteiger partial charge in [-0.15, -0.1) is 0 Å². The third-order valence-corrected chi connectivity index (χ3v) is 4.97. The van der Waals surface area contributed by atoms with Crippen LogP contribution in [0.15, 0.2) is 72.8 Å². The van der Waals surface area contributed by atoms with Crippen LogP contribution in [-0.4, -0.2) is 16.2 Å². The molecule has 4 heteroatoms. The molecule has 4 aromatic rings. The summed E-state index contributed by atoms with van der Waals surface area (Å²) in [5.74, 6) is 2.75. The molecule has 148 valence electrons. The second kappa shape index (κ2) is 8.82. The molecular weight excluding hydrogens is 360 g/mol. The van der Waals surface area contributed by atoms with Crippen molar-refractivity contribution in [3.05, 3.63) is 89.7 Å². The Bertz CT molecular complexity index is 1100. The average Bonchev–Trinajstić information content (AvgIpc) is 3.08. The Kier molecular flexibility index (Phi) is 5.80. The van der Waals surface area contributed by atoms with Crippen molar-refractivity contribution in [1.29, 1.82) is 0 Å². The van der Waals surface area contributed by atoms with Gasteiger partial charge in [0.25, 0.3) is 0 Å². The molecule has 1 aromatic heterocycles. The van der Waals surface area contributed by atoms with Crippen molar-refractivity contribution in [1.82, 2.24) is 9.55 Å². The Balaban J connectivity index is 1.45. The largest absolute Gasteiger partial charge is 0.493 e. The maximum Gasteiger partial charge on any atom is 0.147 e. The molecular formula is C25H26N2O2. The Labute approximate surface area is 171 Å². The van der Waals surface area contributed by atoms with Gasteiger partial charge in [-0.3, -0.25) is 0 Å². The van der Waals surface area contributed by atoms with E-state index in [1.54, 1.807) is 0 Å². The van der Waals surface area contributed by atoms with Gasteiger partial charge >= 0.3 is 0 Å². The third kappa shape index (κ3) is 4.60. The van der Waals surface area contributed by atoms with Crippen LogP contribution in [0.3, 0.4) is 0 Å². The van der Waals surface area contributed by atoms with Crippen LogP contribution in [0.25, 0.3) is 11.0 Å². The van der Waals surface area contributed by atoms with Gasteiger partial charge in [0, 0.05) is 6.54 Å². The number of hydrogen-bond acceptors (Lipinski definition) is 3. The summed E-state index contributed by atoms with van der Waals surface area (Å²) in [5.41, 5.74) is 4.47. The zero-order valence-corrected chi connectivity index (χ0v) is 17.0. The normalized spacial score (nSPS) is 11.0. The summed E-state index contributed by atoms with van der Waals surface area (Å²) in [5, 5.41) is 0. The van der Waals surface area contributed by atoms with E-state index in [2.05, 4.69) is 42.7 Å². The molecule has 3 aromatic carbocycles. The van der Waals surface area contributed by atoms with E-state index in [-0.39, 0.29) is 0 Å². The number of ether oxygens (including phenoxy) is 2. The molecule has 29 heavy (non-hydrogen) atoms. The summed E-state index contributed by atoms with van der Waals surface area (Å²) in [4.78, 5) is 4.80. The monoisotopic (exact) mass is 386 g/mol. The first-order valence-electron chi connectivity index (χ1n) is 10.0. The fourth-order valence-corrected chi connectivity index (χ4v) is 3.46. The highest BCUT2D eigenvalue weighted by Crippen LogP contribution is 2.20. The van der Waals surface area contributed by atoms with Gasteiger partial charge in [0.15, 0.2) is 0 Å². The zero-order valence-electron chi connectivity index (χ0n) is 17.0. The standard InChI is InChI=1S/C25H26N2O2/c1-19-9-7-11-21(17-19)29-18-25-26-22-12-4-5-13-23(22)27(25)15-8-16-28-24-14-6-3-10-20(24)2/h3-7,9-14,17H,8,15-16,18H2,1-2H3. The fourth-order valence-electron chi connectivity index (χ4n) is 3.46. The van der Waals surface area contributed by atoms with Crippen molar-refractivity contribution < 1.29 is 9.47 Å². The molecule has 1 heterocycles. The molecule has 0 N–H and O–H groups in total. The molecule has 4 nitrogen and oxygen atoms in total. The van der Waals surface area contributed by atoms with Crippen LogP contribution in [0.1, 0.15) is 23.4 Å². The van der Waals surface area contributed by atoms with Crippen LogP contribution in [0.2, 0.25) is 0 Å². The lowest BCUT2D eigenvalue weighted by atomic mass is 10.2. The Morgan fingerprint density at radius 3 is 2.55 bits per heavy atom. The minimum Gasteiger partial charge on any atom is -0.493 e. The predicted octanol–water partition coefficient (Wildman–Crippen LogP) is 5.70. The second-order valence-corrected chi connectivity index (χ2v) is 7.24. The molecule has 0 saturated carbocycles. The molecule has 0 fully saturated rings. The van der Waals surface area contributed by atoms with Gasteiger partial charge in [-0.1, -0.05) is 42.5 Å². The lowest BCUT2D eigenvalue weighted by Crippen LogP contribution is -2.10. The van der Waals surface area contributed by atoms with E-state index in [4.69, 9.17) is 14.5 Å². The van der Waals surface area contributed by atoms with Gasteiger partial charge in [0.1, 0.15) is 23.9 Å². The first kappa shape index (κ1) is 19.1. The van der Waals surface area contributed by atoms with Crippen molar-refractivity contribution in [2.75, 3.05) is 6.61 Å². The van der Waals surface area contributed by atoms with Crippen LogP contribution in [0, 0.1) is 13.8 Å². The highest BCUT2D eigenvalue weighted by atomic mass is 16.5. The quantitative estimate of drug-likeness (QED) is 0.364. The number of rotatable bonds is 8. The summed E-state index contributed by atoms with van der Waals surface area (Å²) in [6.07, 6.45) is 0.895. The zero-order chi connectivity index (χ0) is 20.1. The fraction of sp³-hybridized carbons (Fsp3) is 0.240. The maximum atomic E-state index is 6.02.